The number of anilines is 1. The average Bonchev–Trinajstić information content (AvgIpc) is 3.22. The van der Waals surface area contributed by atoms with Crippen LogP contribution in [0.1, 0.15) is 18.4 Å². The normalized spacial score (nSPS) is 11.7. The van der Waals surface area contributed by atoms with Crippen LogP contribution in [0.15, 0.2) is 29.0 Å². The van der Waals surface area contributed by atoms with E-state index in [1.165, 1.54) is 17.4 Å². The van der Waals surface area contributed by atoms with Crippen LogP contribution in [0.3, 0.4) is 0 Å². The Morgan fingerprint density at radius 2 is 1.92 bits per heavy atom. The van der Waals surface area contributed by atoms with E-state index in [9.17, 15) is 13.2 Å². The molecule has 138 valence electrons. The molecule has 2 aromatic heterocycles. The van der Waals surface area contributed by atoms with Crippen LogP contribution in [0, 0.1) is 0 Å². The molecule has 0 aliphatic heterocycles. The Hall–Kier alpha value is -1.29. The molecule has 0 amide bonds. The van der Waals surface area contributed by atoms with Crippen LogP contribution in [-0.2, 0) is 6.42 Å². The predicted molar refractivity (Wildman–Crippen MR) is 105 cm³/mol. The van der Waals surface area contributed by atoms with Gasteiger partial charge in [0.25, 0.3) is 0 Å². The van der Waals surface area contributed by atoms with E-state index >= 15 is 0 Å². The van der Waals surface area contributed by atoms with Crippen LogP contribution < -0.4 is 4.72 Å². The summed E-state index contributed by atoms with van der Waals surface area (Å²) in [4.78, 5) is 9.15. The van der Waals surface area contributed by atoms with Crippen molar-refractivity contribution in [1.29, 1.82) is 0 Å². The second-order valence-electron chi connectivity index (χ2n) is 5.26. The van der Waals surface area contributed by atoms with Gasteiger partial charge in [-0.3, -0.25) is 0 Å². The Balaban J connectivity index is 1.78. The summed E-state index contributed by atoms with van der Waals surface area (Å²) in [6, 6.07) is 4.65. The van der Waals surface area contributed by atoms with Gasteiger partial charge in [0.05, 0.1) is 27.7 Å². The molecule has 0 aliphatic rings. The highest BCUT2D eigenvalue weighted by Crippen LogP contribution is 2.36. The van der Waals surface area contributed by atoms with Gasteiger partial charge in [0.2, 0.25) is 0 Å². The van der Waals surface area contributed by atoms with Gasteiger partial charge in [-0.1, -0.05) is 18.5 Å². The zero-order chi connectivity index (χ0) is 18.7. The molecule has 0 fully saturated rings. The van der Waals surface area contributed by atoms with Gasteiger partial charge in [-0.05, 0) is 31.0 Å². The Kier molecular flexibility index (Phi) is 6.11. The van der Waals surface area contributed by atoms with E-state index in [0.29, 0.717) is 16.3 Å². The van der Waals surface area contributed by atoms with Gasteiger partial charge in [-0.15, -0.1) is 22.7 Å². The zero-order valence-electron chi connectivity index (χ0n) is 13.4. The van der Waals surface area contributed by atoms with Crippen molar-refractivity contribution in [1.82, 2.24) is 9.97 Å². The molecule has 3 nitrogen and oxygen atoms in total. The second-order valence-corrected chi connectivity index (χ2v) is 8.34. The summed E-state index contributed by atoms with van der Waals surface area (Å²) >= 11 is 8.99. The molecule has 10 heteroatoms. The standard InChI is InChI=1S/C16H13ClF3N3S3/c1-2-3-14-21-13(8-24-14)15-22-12(7-25-15)10-5-4-9(6-11(10)17)23-26-16(18,19)20/h4-8,23H,2-3H2,1H3. The number of thiazole rings is 2. The van der Waals surface area contributed by atoms with E-state index in [4.69, 9.17) is 11.6 Å². The first-order valence-electron chi connectivity index (χ1n) is 7.56. The molecule has 1 N–H and O–H groups in total. The fourth-order valence-corrected chi connectivity index (χ4v) is 4.53. The summed E-state index contributed by atoms with van der Waals surface area (Å²) in [6.45, 7) is 2.11. The van der Waals surface area contributed by atoms with Crippen molar-refractivity contribution in [3.8, 4) is 22.0 Å². The van der Waals surface area contributed by atoms with Crippen LogP contribution in [0.5, 0.6) is 0 Å². The highest BCUT2D eigenvalue weighted by Gasteiger charge is 2.29. The SMILES string of the molecule is CCCc1nc(-c2nc(-c3ccc(NSC(F)(F)F)cc3Cl)cs2)cs1. The lowest BCUT2D eigenvalue weighted by Crippen LogP contribution is -2.04. The minimum Gasteiger partial charge on any atom is -0.323 e. The summed E-state index contributed by atoms with van der Waals surface area (Å²) in [5.74, 6) is 0. The Morgan fingerprint density at radius 3 is 2.62 bits per heavy atom. The fourth-order valence-electron chi connectivity index (χ4n) is 2.16. The third kappa shape index (κ3) is 4.91. The quantitative estimate of drug-likeness (QED) is 0.418. The number of halogens is 4. The highest BCUT2D eigenvalue weighted by atomic mass is 35.5. The first-order chi connectivity index (χ1) is 12.4. The molecule has 0 spiro atoms. The molecular weight excluding hydrogens is 423 g/mol. The van der Waals surface area contributed by atoms with E-state index in [-0.39, 0.29) is 17.6 Å². The molecule has 3 aromatic rings. The molecule has 0 unspecified atom stereocenters. The molecule has 2 heterocycles. The molecule has 26 heavy (non-hydrogen) atoms. The number of aryl methyl sites for hydroxylation is 1. The Labute approximate surface area is 165 Å². The van der Waals surface area contributed by atoms with Crippen molar-refractivity contribution in [2.75, 3.05) is 4.72 Å². The van der Waals surface area contributed by atoms with Crippen LogP contribution in [-0.4, -0.2) is 15.5 Å². The highest BCUT2D eigenvalue weighted by molar-refractivity contribution is 8.01. The number of nitrogens with one attached hydrogen (secondary N) is 1. The number of rotatable bonds is 6. The fraction of sp³-hybridized carbons (Fsp3) is 0.250. The molecule has 0 saturated heterocycles. The summed E-state index contributed by atoms with van der Waals surface area (Å²) in [5.41, 5.74) is -1.90. The first kappa shape index (κ1) is 19.5. The van der Waals surface area contributed by atoms with Crippen molar-refractivity contribution >= 4 is 51.9 Å². The molecule has 0 aliphatic carbocycles. The van der Waals surface area contributed by atoms with Gasteiger partial charge in [0, 0.05) is 22.0 Å². The van der Waals surface area contributed by atoms with Gasteiger partial charge in [0.1, 0.15) is 10.7 Å². The third-order valence-electron chi connectivity index (χ3n) is 3.27. The third-order valence-corrected chi connectivity index (χ3v) is 5.92. The van der Waals surface area contributed by atoms with Gasteiger partial charge >= 0.3 is 5.51 Å². The maximum absolute atomic E-state index is 12.3. The Bertz CT molecular complexity index is 892. The van der Waals surface area contributed by atoms with Crippen molar-refractivity contribution < 1.29 is 13.2 Å². The van der Waals surface area contributed by atoms with Gasteiger partial charge < -0.3 is 4.72 Å². The summed E-state index contributed by atoms with van der Waals surface area (Å²) in [5, 5.41) is 6.06. The van der Waals surface area contributed by atoms with Crippen LogP contribution in [0.2, 0.25) is 5.02 Å². The van der Waals surface area contributed by atoms with E-state index in [2.05, 4.69) is 21.6 Å². The summed E-state index contributed by atoms with van der Waals surface area (Å²) in [7, 11) is 0. The molecule has 0 radical (unpaired) electrons. The number of benzene rings is 1. The molecule has 0 atom stereocenters. The monoisotopic (exact) mass is 435 g/mol. The smallest absolute Gasteiger partial charge is 0.323 e. The van der Waals surface area contributed by atoms with Gasteiger partial charge in [-0.2, -0.15) is 13.2 Å². The lowest BCUT2D eigenvalue weighted by Gasteiger charge is -2.09. The summed E-state index contributed by atoms with van der Waals surface area (Å²) in [6.07, 6.45) is 1.98. The molecule has 3 rings (SSSR count). The molecule has 0 bridgehead atoms. The van der Waals surface area contributed by atoms with Gasteiger partial charge in [-0.25, -0.2) is 9.97 Å². The van der Waals surface area contributed by atoms with Crippen molar-refractivity contribution in [2.45, 2.75) is 25.3 Å². The lowest BCUT2D eigenvalue weighted by atomic mass is 10.1. The van der Waals surface area contributed by atoms with Gasteiger partial charge in [0.15, 0.2) is 0 Å². The maximum Gasteiger partial charge on any atom is 0.461 e. The van der Waals surface area contributed by atoms with Crippen molar-refractivity contribution in [3.05, 3.63) is 39.0 Å². The van der Waals surface area contributed by atoms with Crippen molar-refractivity contribution in [3.63, 3.8) is 0 Å². The Morgan fingerprint density at radius 1 is 1.15 bits per heavy atom. The van der Waals surface area contributed by atoms with E-state index in [1.807, 2.05) is 10.8 Å². The predicted octanol–water partition coefficient (Wildman–Crippen LogP) is 7.12. The average molecular weight is 436 g/mol. The van der Waals surface area contributed by atoms with Crippen molar-refractivity contribution in [2.24, 2.45) is 0 Å². The van der Waals surface area contributed by atoms with E-state index in [0.717, 1.165) is 28.6 Å². The van der Waals surface area contributed by atoms with Crippen LogP contribution >= 0.6 is 46.2 Å². The van der Waals surface area contributed by atoms with E-state index in [1.54, 1.807) is 23.5 Å². The molecular formula is C16H13ClF3N3S3. The maximum atomic E-state index is 12.3. The zero-order valence-corrected chi connectivity index (χ0v) is 16.6. The first-order valence-corrected chi connectivity index (χ1v) is 10.5. The molecule has 0 saturated carbocycles. The number of nitrogens with zero attached hydrogens (tertiary/aromatic N) is 2. The van der Waals surface area contributed by atoms with E-state index < -0.39 is 5.51 Å². The number of alkyl halides is 3. The number of hydrogen-bond acceptors (Lipinski definition) is 6. The minimum atomic E-state index is -4.36. The minimum absolute atomic E-state index is 0.278. The largest absolute Gasteiger partial charge is 0.461 e. The number of aromatic nitrogens is 2. The second kappa shape index (κ2) is 8.16. The lowest BCUT2D eigenvalue weighted by molar-refractivity contribution is -0.0323. The topological polar surface area (TPSA) is 37.8 Å². The summed E-state index contributed by atoms with van der Waals surface area (Å²) < 4.78 is 39.0. The van der Waals surface area contributed by atoms with Crippen LogP contribution in [0.4, 0.5) is 18.9 Å². The number of hydrogen-bond donors (Lipinski definition) is 1. The van der Waals surface area contributed by atoms with Crippen LogP contribution in [0.25, 0.3) is 22.0 Å². The molecule has 1 aromatic carbocycles.